The molecule has 9 heteroatoms. The van der Waals surface area contributed by atoms with E-state index in [4.69, 9.17) is 25.8 Å². The van der Waals surface area contributed by atoms with Crippen LogP contribution in [0.4, 0.5) is 10.5 Å². The molecule has 0 spiro atoms. The molecule has 1 aromatic heterocycles. The highest BCUT2D eigenvalue weighted by Crippen LogP contribution is 2.35. The number of carbonyl (C=O) groups is 1. The molecule has 0 aliphatic carbocycles. The summed E-state index contributed by atoms with van der Waals surface area (Å²) < 4.78 is 18.7. The van der Waals surface area contributed by atoms with Crippen LogP contribution >= 0.6 is 11.6 Å². The molecule has 36 heavy (non-hydrogen) atoms. The first-order valence-corrected chi connectivity index (χ1v) is 12.8. The maximum Gasteiger partial charge on any atom is 0.517 e. The van der Waals surface area contributed by atoms with E-state index in [-0.39, 0.29) is 12.5 Å². The van der Waals surface area contributed by atoms with Crippen LogP contribution in [0.3, 0.4) is 0 Å². The van der Waals surface area contributed by atoms with E-state index in [1.54, 1.807) is 0 Å². The molecule has 2 N–H and O–H groups in total. The molecule has 0 bridgehead atoms. The van der Waals surface area contributed by atoms with Gasteiger partial charge in [0.1, 0.15) is 24.1 Å². The topological polar surface area (TPSA) is 93.3 Å². The first-order chi connectivity index (χ1) is 17.6. The van der Waals surface area contributed by atoms with Crippen LogP contribution in [-0.4, -0.2) is 67.5 Å². The van der Waals surface area contributed by atoms with Crippen molar-refractivity contribution in [1.29, 1.82) is 5.26 Å². The molecular weight excluding hydrogens is 480 g/mol. The molecule has 0 saturated carbocycles. The molecule has 1 aliphatic heterocycles. The number of alkyl halides is 1. The Morgan fingerprint density at radius 3 is 2.78 bits per heavy atom. The molecule has 190 valence electrons. The summed E-state index contributed by atoms with van der Waals surface area (Å²) in [4.78, 5) is 14.4. The number of morpholine rings is 1. The average molecular weight is 512 g/mol. The van der Waals surface area contributed by atoms with Gasteiger partial charge in [-0.3, -0.25) is 4.90 Å². The van der Waals surface area contributed by atoms with Crippen LogP contribution < -0.4 is 10.1 Å². The number of aromatic nitrogens is 1. The Kier molecular flexibility index (Phi) is 9.20. The largest absolute Gasteiger partial charge is 0.517 e. The van der Waals surface area contributed by atoms with Gasteiger partial charge in [0.15, 0.2) is 0 Å². The van der Waals surface area contributed by atoms with E-state index in [0.29, 0.717) is 24.4 Å². The van der Waals surface area contributed by atoms with Gasteiger partial charge in [-0.2, -0.15) is 10.1 Å². The summed E-state index contributed by atoms with van der Waals surface area (Å²) in [5, 5.41) is 12.4. The van der Waals surface area contributed by atoms with Crippen LogP contribution in [0.2, 0.25) is 0 Å². The minimum absolute atomic E-state index is 0.164. The van der Waals surface area contributed by atoms with E-state index >= 15 is 0 Å². The Morgan fingerprint density at radius 1 is 1.19 bits per heavy atom. The van der Waals surface area contributed by atoms with Crippen molar-refractivity contribution in [3.05, 3.63) is 48.0 Å². The number of rotatable bonds is 10. The minimum atomic E-state index is -0.445. The molecule has 2 heterocycles. The molecule has 4 rings (SSSR count). The van der Waals surface area contributed by atoms with E-state index in [1.807, 2.05) is 42.5 Å². The first-order valence-electron chi connectivity index (χ1n) is 12.3. The fourth-order valence-electron chi connectivity index (χ4n) is 4.56. The third-order valence-corrected chi connectivity index (χ3v) is 6.38. The fourth-order valence-corrected chi connectivity index (χ4v) is 4.63. The van der Waals surface area contributed by atoms with Crippen molar-refractivity contribution in [2.24, 2.45) is 0 Å². The minimum Gasteiger partial charge on any atom is -0.493 e. The predicted molar refractivity (Wildman–Crippen MR) is 139 cm³/mol. The van der Waals surface area contributed by atoms with Crippen LogP contribution in [0.15, 0.2) is 42.5 Å². The normalized spacial score (nSPS) is 14.0. The van der Waals surface area contributed by atoms with E-state index < -0.39 is 6.09 Å². The lowest BCUT2D eigenvalue weighted by molar-refractivity contribution is -0.482. The van der Waals surface area contributed by atoms with E-state index in [9.17, 15) is 10.1 Å². The lowest BCUT2D eigenvalue weighted by Gasteiger charge is -2.26. The summed E-state index contributed by atoms with van der Waals surface area (Å²) >= 11 is 5.60. The zero-order valence-corrected chi connectivity index (χ0v) is 21.3. The quantitative estimate of drug-likeness (QED) is 0.252. The molecule has 1 amide bonds. The number of nitriles is 1. The molecule has 2 aromatic carbocycles. The highest BCUT2D eigenvalue weighted by atomic mass is 35.5. The first kappa shape index (κ1) is 26.0. The molecule has 8 nitrogen and oxygen atoms in total. The molecule has 3 aromatic rings. The second kappa shape index (κ2) is 12.7. The Morgan fingerprint density at radius 2 is 2.03 bits per heavy atom. The van der Waals surface area contributed by atoms with Gasteiger partial charge in [-0.05, 0) is 31.5 Å². The summed E-state index contributed by atoms with van der Waals surface area (Å²) in [6, 6.07) is 15.8. The maximum absolute atomic E-state index is 12.0. The van der Waals surface area contributed by atoms with E-state index in [1.165, 1.54) is 5.32 Å². The predicted octanol–water partition coefficient (Wildman–Crippen LogP) is 3.87. The number of quaternary nitrogens is 1. The summed E-state index contributed by atoms with van der Waals surface area (Å²) in [5.41, 5.74) is 3.94. The van der Waals surface area contributed by atoms with Gasteiger partial charge < -0.3 is 18.8 Å². The molecule has 1 aliphatic rings. The second-order valence-corrected chi connectivity index (χ2v) is 8.92. The van der Waals surface area contributed by atoms with Crippen molar-refractivity contribution in [3.63, 3.8) is 0 Å². The van der Waals surface area contributed by atoms with Gasteiger partial charge in [0, 0.05) is 49.3 Å². The molecule has 1 saturated heterocycles. The Labute approximate surface area is 216 Å². The van der Waals surface area contributed by atoms with Gasteiger partial charge >= 0.3 is 6.09 Å². The van der Waals surface area contributed by atoms with Gasteiger partial charge in [0.05, 0.1) is 42.5 Å². The third kappa shape index (κ3) is 6.18. The number of ether oxygens (including phenoxy) is 3. The molecule has 0 radical (unpaired) electrons. The summed E-state index contributed by atoms with van der Waals surface area (Å²) in [7, 11) is 0. The number of amides is 1. The second-order valence-electron chi connectivity index (χ2n) is 8.54. The highest BCUT2D eigenvalue weighted by molar-refractivity contribution is 6.18. The zero-order chi connectivity index (χ0) is 25.3. The van der Waals surface area contributed by atoms with Crippen molar-refractivity contribution in [3.8, 4) is 23.1 Å². The van der Waals surface area contributed by atoms with Crippen LogP contribution in [0, 0.1) is 11.3 Å². The molecule has 0 unspecified atom stereocenters. The standard InChI is InChI=1S/C27H31ClN4O4/c1-2-32-25-18-22(35-13-4-10-31-11-15-34-16-12-31)7-8-23(25)24(19-29)26(32)20-5-3-6-21(17-20)30-27(33)36-14-9-28/h3,5-8,17-18H,2,4,9-16H2,1H3,(H,30,33)/p+1. The Hall–Kier alpha value is -3.09. The van der Waals surface area contributed by atoms with Gasteiger partial charge in [-0.1, -0.05) is 12.1 Å². The number of nitrogens with zero attached hydrogens (tertiary/aromatic N) is 3. The number of aryl methyl sites for hydroxylation is 1. The van der Waals surface area contributed by atoms with Crippen molar-refractivity contribution in [2.75, 3.05) is 51.9 Å². The van der Waals surface area contributed by atoms with Gasteiger partial charge in [-0.25, -0.2) is 5.32 Å². The summed E-state index contributed by atoms with van der Waals surface area (Å²) in [6.07, 6.45) is 0.498. The molecular formula is C27H32ClN4O4+. The number of benzene rings is 2. The van der Waals surface area contributed by atoms with Gasteiger partial charge in [0.25, 0.3) is 0 Å². The number of fused-ring (bicyclic) bond motifs is 1. The summed E-state index contributed by atoms with van der Waals surface area (Å²) in [5.74, 6) is 1.04. The van der Waals surface area contributed by atoms with Crippen LogP contribution in [0.1, 0.15) is 18.9 Å². The lowest BCUT2D eigenvalue weighted by atomic mass is 10.1. The number of primary amides is 1. The zero-order valence-electron chi connectivity index (χ0n) is 20.5. The van der Waals surface area contributed by atoms with Crippen molar-refractivity contribution in [1.82, 2.24) is 9.47 Å². The van der Waals surface area contributed by atoms with Crippen molar-refractivity contribution < 1.29 is 24.3 Å². The maximum atomic E-state index is 12.0. The number of nitrogens with two attached hydrogens (primary N) is 1. The van der Waals surface area contributed by atoms with Crippen molar-refractivity contribution >= 4 is 34.3 Å². The van der Waals surface area contributed by atoms with Crippen LogP contribution in [-0.2, 0) is 16.0 Å². The monoisotopic (exact) mass is 511 g/mol. The van der Waals surface area contributed by atoms with Gasteiger partial charge in [0.2, 0.25) is 0 Å². The van der Waals surface area contributed by atoms with E-state index in [2.05, 4.69) is 22.5 Å². The lowest BCUT2D eigenvalue weighted by Crippen LogP contribution is -2.82. The SMILES string of the molecule is CCn1c(-c2cccc([NH2+]C(=O)OCCCl)c2)c(C#N)c2ccc(OCCCN3CCOCC3)cc21. The van der Waals surface area contributed by atoms with Crippen molar-refractivity contribution in [2.45, 2.75) is 19.9 Å². The fraction of sp³-hybridized carbons (Fsp3) is 0.407. The number of carbonyl (C=O) groups excluding carboxylic acids is 1. The van der Waals surface area contributed by atoms with Gasteiger partial charge in [-0.15, -0.1) is 11.6 Å². The average Bonchev–Trinajstić information content (AvgIpc) is 3.23. The smallest absolute Gasteiger partial charge is 0.493 e. The Balaban J connectivity index is 1.55. The van der Waals surface area contributed by atoms with E-state index in [0.717, 1.165) is 67.2 Å². The number of hydrogen-bond acceptors (Lipinski definition) is 6. The molecule has 0 atom stereocenters. The van der Waals surface area contributed by atoms with Crippen LogP contribution in [0.25, 0.3) is 22.2 Å². The highest BCUT2D eigenvalue weighted by Gasteiger charge is 2.20. The summed E-state index contributed by atoms with van der Waals surface area (Å²) in [6.45, 7) is 8.07. The number of halogens is 1. The Bertz CT molecular complexity index is 1230. The van der Waals surface area contributed by atoms with Crippen LogP contribution in [0.5, 0.6) is 5.75 Å². The molecule has 1 fully saturated rings. The number of hydrogen-bond donors (Lipinski definition) is 1. The third-order valence-electron chi connectivity index (χ3n) is 6.22.